The molecule has 1 saturated carbocycles. The molecule has 6 rings (SSSR count). The fraction of sp³-hybridized carbons (Fsp3) is 0.370. The van der Waals surface area contributed by atoms with Gasteiger partial charge < -0.3 is 14.6 Å². The van der Waals surface area contributed by atoms with Crippen LogP contribution in [0.15, 0.2) is 48.7 Å². The van der Waals surface area contributed by atoms with Gasteiger partial charge >= 0.3 is 0 Å². The van der Waals surface area contributed by atoms with Gasteiger partial charge in [-0.2, -0.15) is 5.10 Å². The van der Waals surface area contributed by atoms with E-state index in [4.69, 9.17) is 9.72 Å². The van der Waals surface area contributed by atoms with Gasteiger partial charge in [0.25, 0.3) is 5.91 Å². The number of aryl methyl sites for hydroxylation is 1. The first-order valence-corrected chi connectivity index (χ1v) is 12.1. The maximum atomic E-state index is 13.5. The van der Waals surface area contributed by atoms with Crippen molar-refractivity contribution >= 4 is 16.9 Å². The second-order valence-corrected chi connectivity index (χ2v) is 9.76. The van der Waals surface area contributed by atoms with E-state index in [1.165, 1.54) is 12.8 Å². The number of hydrogen-bond acceptors (Lipinski definition) is 4. The lowest BCUT2D eigenvalue weighted by molar-refractivity contribution is 0.00364. The quantitative estimate of drug-likeness (QED) is 0.425. The third kappa shape index (κ3) is 3.47. The first-order valence-electron chi connectivity index (χ1n) is 12.1. The highest BCUT2D eigenvalue weighted by molar-refractivity contribution is 5.98. The van der Waals surface area contributed by atoms with E-state index in [1.54, 1.807) is 6.20 Å². The summed E-state index contributed by atoms with van der Waals surface area (Å²) in [7, 11) is 0. The van der Waals surface area contributed by atoms with Crippen LogP contribution in [-0.2, 0) is 5.54 Å². The minimum absolute atomic E-state index is 0.00472. The number of hydrogen-bond donors (Lipinski definition) is 2. The smallest absolute Gasteiger partial charge is 0.271 e. The number of benzene rings is 1. The van der Waals surface area contributed by atoms with E-state index in [-0.39, 0.29) is 11.4 Å². The monoisotopic (exact) mass is 455 g/mol. The van der Waals surface area contributed by atoms with Crippen LogP contribution in [0.25, 0.3) is 22.3 Å². The SMILES string of the molecule is Cc1[nH]ncc1-c1ccc2cc(C(=O)N3CC[C@]3(C)c3cccc(OC4CCCC4)c3)[nH]c2n1. The van der Waals surface area contributed by atoms with E-state index < -0.39 is 0 Å². The van der Waals surface area contributed by atoms with Gasteiger partial charge in [-0.1, -0.05) is 12.1 Å². The molecular weight excluding hydrogens is 426 g/mol. The first-order chi connectivity index (χ1) is 16.5. The van der Waals surface area contributed by atoms with Crippen LogP contribution in [-0.4, -0.2) is 43.6 Å². The van der Waals surface area contributed by atoms with Crippen molar-refractivity contribution in [2.75, 3.05) is 6.54 Å². The predicted octanol–water partition coefficient (Wildman–Crippen LogP) is 5.34. The Hall–Kier alpha value is -3.61. The molecule has 1 aliphatic heterocycles. The number of nitrogens with one attached hydrogen (secondary N) is 2. The summed E-state index contributed by atoms with van der Waals surface area (Å²) in [6.45, 7) is 4.84. The summed E-state index contributed by atoms with van der Waals surface area (Å²) in [5.41, 5.74) is 4.78. The predicted molar refractivity (Wildman–Crippen MR) is 131 cm³/mol. The summed E-state index contributed by atoms with van der Waals surface area (Å²) in [6.07, 6.45) is 7.75. The van der Waals surface area contributed by atoms with Gasteiger partial charge in [-0.25, -0.2) is 4.98 Å². The molecule has 7 heteroatoms. The number of aromatic nitrogens is 4. The fourth-order valence-corrected chi connectivity index (χ4v) is 5.31. The highest BCUT2D eigenvalue weighted by Crippen LogP contribution is 2.42. The van der Waals surface area contributed by atoms with Crippen molar-refractivity contribution in [3.63, 3.8) is 0 Å². The molecule has 0 unspecified atom stereocenters. The molecule has 1 amide bonds. The van der Waals surface area contributed by atoms with Crippen molar-refractivity contribution in [2.24, 2.45) is 0 Å². The molecule has 4 heterocycles. The van der Waals surface area contributed by atoms with Crippen LogP contribution in [0.5, 0.6) is 5.75 Å². The van der Waals surface area contributed by atoms with Gasteiger partial charge in [0.1, 0.15) is 17.1 Å². The van der Waals surface area contributed by atoms with E-state index >= 15 is 0 Å². The van der Waals surface area contributed by atoms with Gasteiger partial charge in [0.15, 0.2) is 0 Å². The summed E-state index contributed by atoms with van der Waals surface area (Å²) >= 11 is 0. The molecule has 0 radical (unpaired) electrons. The van der Waals surface area contributed by atoms with E-state index in [0.29, 0.717) is 17.4 Å². The van der Waals surface area contributed by atoms with Crippen molar-refractivity contribution in [1.82, 2.24) is 25.1 Å². The average molecular weight is 456 g/mol. The molecule has 1 aromatic carbocycles. The van der Waals surface area contributed by atoms with E-state index in [1.807, 2.05) is 42.2 Å². The van der Waals surface area contributed by atoms with Crippen molar-refractivity contribution in [2.45, 2.75) is 57.6 Å². The maximum absolute atomic E-state index is 13.5. The molecule has 2 aliphatic rings. The fourth-order valence-electron chi connectivity index (χ4n) is 5.31. The van der Waals surface area contributed by atoms with Gasteiger partial charge in [0.05, 0.1) is 23.5 Å². The van der Waals surface area contributed by atoms with Crippen LogP contribution in [0.1, 0.15) is 60.8 Å². The number of pyridine rings is 1. The zero-order valence-corrected chi connectivity index (χ0v) is 19.6. The van der Waals surface area contributed by atoms with Crippen LogP contribution in [0, 0.1) is 6.92 Å². The molecule has 2 fully saturated rings. The second-order valence-electron chi connectivity index (χ2n) is 9.76. The number of aromatic amines is 2. The van der Waals surface area contributed by atoms with Gasteiger partial charge in [0, 0.05) is 23.2 Å². The van der Waals surface area contributed by atoms with Crippen LogP contribution in [0.4, 0.5) is 0 Å². The molecule has 7 nitrogen and oxygen atoms in total. The number of likely N-dealkylation sites (tertiary alicyclic amines) is 1. The molecule has 1 aliphatic carbocycles. The number of H-pyrrole nitrogens is 2. The Morgan fingerprint density at radius 2 is 2.03 bits per heavy atom. The van der Waals surface area contributed by atoms with Crippen LogP contribution in [0.3, 0.4) is 0 Å². The van der Waals surface area contributed by atoms with Crippen molar-refractivity contribution in [1.29, 1.82) is 0 Å². The zero-order chi connectivity index (χ0) is 23.3. The van der Waals surface area contributed by atoms with E-state index in [2.05, 4.69) is 34.2 Å². The third-order valence-electron chi connectivity index (χ3n) is 7.54. The Labute approximate surface area is 198 Å². The minimum Gasteiger partial charge on any atom is -0.490 e. The zero-order valence-electron chi connectivity index (χ0n) is 19.6. The average Bonchev–Trinajstić information content (AvgIpc) is 3.58. The Bertz CT molecular complexity index is 1370. The molecule has 0 spiro atoms. The van der Waals surface area contributed by atoms with Crippen LogP contribution >= 0.6 is 0 Å². The normalized spacial score (nSPS) is 20.6. The Kier molecular flexibility index (Phi) is 4.94. The molecule has 2 N–H and O–H groups in total. The molecule has 3 aromatic heterocycles. The second kappa shape index (κ2) is 8.01. The highest BCUT2D eigenvalue weighted by Gasteiger charge is 2.45. The minimum atomic E-state index is -0.351. The number of carbonyl (C=O) groups excluding carboxylic acids is 1. The molecular formula is C27H29N5O2. The van der Waals surface area contributed by atoms with E-state index in [0.717, 1.165) is 59.5 Å². The lowest BCUT2D eigenvalue weighted by Gasteiger charge is -2.51. The molecule has 0 bridgehead atoms. The molecule has 1 atom stereocenters. The van der Waals surface area contributed by atoms with Crippen molar-refractivity contribution < 1.29 is 9.53 Å². The van der Waals surface area contributed by atoms with Gasteiger partial charge in [-0.15, -0.1) is 0 Å². The van der Waals surface area contributed by atoms with Crippen molar-refractivity contribution in [3.05, 3.63) is 65.6 Å². The van der Waals surface area contributed by atoms with Crippen LogP contribution < -0.4 is 4.74 Å². The van der Waals surface area contributed by atoms with Gasteiger partial charge in [-0.05, 0) is 81.8 Å². The number of amides is 1. The first kappa shape index (κ1) is 21.0. The number of ether oxygens (including phenoxy) is 1. The summed E-state index contributed by atoms with van der Waals surface area (Å²) in [6, 6.07) is 14.1. The number of nitrogens with zero attached hydrogens (tertiary/aromatic N) is 3. The summed E-state index contributed by atoms with van der Waals surface area (Å²) in [4.78, 5) is 23.5. The highest BCUT2D eigenvalue weighted by atomic mass is 16.5. The summed E-state index contributed by atoms with van der Waals surface area (Å²) < 4.78 is 6.23. The molecule has 4 aromatic rings. The largest absolute Gasteiger partial charge is 0.490 e. The lowest BCUT2D eigenvalue weighted by Crippen LogP contribution is -2.58. The van der Waals surface area contributed by atoms with Gasteiger partial charge in [-0.3, -0.25) is 9.89 Å². The number of rotatable bonds is 5. The van der Waals surface area contributed by atoms with E-state index in [9.17, 15) is 4.79 Å². The Morgan fingerprint density at radius 3 is 2.76 bits per heavy atom. The maximum Gasteiger partial charge on any atom is 0.271 e. The summed E-state index contributed by atoms with van der Waals surface area (Å²) in [5, 5.41) is 7.95. The van der Waals surface area contributed by atoms with Crippen LogP contribution in [0.2, 0.25) is 0 Å². The lowest BCUT2D eigenvalue weighted by atomic mass is 9.79. The summed E-state index contributed by atoms with van der Waals surface area (Å²) in [5.74, 6) is 0.900. The Morgan fingerprint density at radius 1 is 1.18 bits per heavy atom. The topological polar surface area (TPSA) is 86.9 Å². The Balaban J connectivity index is 1.25. The molecule has 34 heavy (non-hydrogen) atoms. The number of fused-ring (bicyclic) bond motifs is 1. The third-order valence-corrected chi connectivity index (χ3v) is 7.54. The molecule has 1 saturated heterocycles. The van der Waals surface area contributed by atoms with Crippen molar-refractivity contribution in [3.8, 4) is 17.0 Å². The molecule has 174 valence electrons. The van der Waals surface area contributed by atoms with Gasteiger partial charge in [0.2, 0.25) is 0 Å². The number of carbonyl (C=O) groups is 1. The standard InChI is InChI=1S/C27H29N5O2/c1-17-22(16-28-31-17)23-11-10-18-14-24(30-25(18)29-23)26(33)32-13-12-27(32,2)19-6-5-9-21(15-19)34-20-7-3-4-8-20/h5-6,9-11,14-16,20H,3-4,7-8,12-13H2,1-2H3,(H,28,31)(H,29,30)/t27-/m1/s1.